The summed E-state index contributed by atoms with van der Waals surface area (Å²) < 4.78 is 5.31. The minimum Gasteiger partial charge on any atom is -0.444 e. The molecule has 0 aliphatic rings. The van der Waals surface area contributed by atoms with Crippen molar-refractivity contribution in [3.05, 3.63) is 34.9 Å². The van der Waals surface area contributed by atoms with Gasteiger partial charge in [-0.2, -0.15) is 0 Å². The maximum absolute atomic E-state index is 14.0. The van der Waals surface area contributed by atoms with E-state index in [0.717, 1.165) is 30.4 Å². The van der Waals surface area contributed by atoms with E-state index in [1.165, 1.54) is 4.90 Å². The summed E-state index contributed by atoms with van der Waals surface area (Å²) in [6.07, 6.45) is 1.83. The third-order valence-electron chi connectivity index (χ3n) is 5.82. The van der Waals surface area contributed by atoms with Crippen LogP contribution in [0.1, 0.15) is 96.4 Å². The fourth-order valence-electron chi connectivity index (χ4n) is 4.16. The van der Waals surface area contributed by atoms with Crippen molar-refractivity contribution in [3.8, 4) is 0 Å². The number of ether oxygens (including phenoxy) is 1. The largest absolute Gasteiger partial charge is 0.444 e. The van der Waals surface area contributed by atoms with Crippen molar-refractivity contribution in [3.63, 3.8) is 0 Å². The number of unbranched alkanes of at least 4 members (excludes halogenated alkanes) is 1. The summed E-state index contributed by atoms with van der Waals surface area (Å²) in [6.45, 7) is 15.2. The van der Waals surface area contributed by atoms with E-state index < -0.39 is 42.0 Å². The van der Waals surface area contributed by atoms with Crippen molar-refractivity contribution in [2.24, 2.45) is 5.73 Å². The van der Waals surface area contributed by atoms with Crippen LogP contribution in [-0.4, -0.2) is 52.9 Å². The number of rotatable bonds is 13. The number of nitrogens with two attached hydrogens (primary N) is 1. The zero-order valence-electron chi connectivity index (χ0n) is 23.8. The number of carbonyl (C=O) groups excluding carboxylic acids is 4. The van der Waals surface area contributed by atoms with Gasteiger partial charge in [0.25, 0.3) is 0 Å². The predicted molar refractivity (Wildman–Crippen MR) is 145 cm³/mol. The monoisotopic (exact) mass is 518 g/mol. The van der Waals surface area contributed by atoms with E-state index in [4.69, 9.17) is 10.5 Å². The topological polar surface area (TPSA) is 131 Å². The summed E-state index contributed by atoms with van der Waals surface area (Å²) in [7, 11) is 0. The van der Waals surface area contributed by atoms with Crippen LogP contribution in [0.25, 0.3) is 0 Å². The molecule has 0 aliphatic carbocycles. The van der Waals surface area contributed by atoms with Crippen LogP contribution in [0.4, 0.5) is 4.79 Å². The lowest BCUT2D eigenvalue weighted by atomic mass is 9.95. The molecule has 0 aromatic heterocycles. The molecule has 1 aromatic carbocycles. The van der Waals surface area contributed by atoms with Gasteiger partial charge in [-0.1, -0.05) is 50.5 Å². The molecule has 0 spiro atoms. The maximum Gasteiger partial charge on any atom is 0.408 e. The number of amides is 4. The molecule has 4 amide bonds. The van der Waals surface area contributed by atoms with Gasteiger partial charge in [0.15, 0.2) is 0 Å². The average molecular weight is 519 g/mol. The van der Waals surface area contributed by atoms with Crippen LogP contribution in [0.5, 0.6) is 0 Å². The molecule has 4 N–H and O–H groups in total. The molecule has 0 aliphatic heterocycles. The summed E-state index contributed by atoms with van der Waals surface area (Å²) in [5, 5.41) is 5.55. The van der Waals surface area contributed by atoms with Gasteiger partial charge in [-0.25, -0.2) is 4.79 Å². The Morgan fingerprint density at radius 3 is 2.22 bits per heavy atom. The zero-order valence-corrected chi connectivity index (χ0v) is 23.8. The highest BCUT2D eigenvalue weighted by atomic mass is 16.6. The van der Waals surface area contributed by atoms with E-state index in [-0.39, 0.29) is 18.5 Å². The number of carbonyl (C=O) groups is 4. The molecule has 0 radical (unpaired) electrons. The average Bonchev–Trinajstić information content (AvgIpc) is 2.75. The molecule has 9 heteroatoms. The molecule has 0 bridgehead atoms. The van der Waals surface area contributed by atoms with Gasteiger partial charge in [0.05, 0.1) is 6.42 Å². The van der Waals surface area contributed by atoms with Crippen LogP contribution in [-0.2, 0) is 19.1 Å². The zero-order chi connectivity index (χ0) is 28.3. The number of nitrogens with zero attached hydrogens (tertiary/aromatic N) is 1. The van der Waals surface area contributed by atoms with Gasteiger partial charge < -0.3 is 26.0 Å². The Hall–Kier alpha value is -3.10. The van der Waals surface area contributed by atoms with Crippen LogP contribution in [0.2, 0.25) is 0 Å². The first kappa shape index (κ1) is 31.9. The van der Waals surface area contributed by atoms with E-state index in [2.05, 4.69) is 10.6 Å². The molecule has 208 valence electrons. The number of benzene rings is 1. The van der Waals surface area contributed by atoms with Crippen molar-refractivity contribution in [2.45, 2.75) is 111 Å². The van der Waals surface area contributed by atoms with E-state index >= 15 is 0 Å². The molecule has 37 heavy (non-hydrogen) atoms. The second-order valence-electron chi connectivity index (χ2n) is 10.7. The third-order valence-corrected chi connectivity index (χ3v) is 5.82. The first-order valence-electron chi connectivity index (χ1n) is 13.2. The molecule has 1 aromatic rings. The summed E-state index contributed by atoms with van der Waals surface area (Å²) in [6, 6.07) is 3.41. The van der Waals surface area contributed by atoms with Gasteiger partial charge in [-0.15, -0.1) is 0 Å². The lowest BCUT2D eigenvalue weighted by Crippen LogP contribution is -2.54. The van der Waals surface area contributed by atoms with Gasteiger partial charge in [0, 0.05) is 12.6 Å². The van der Waals surface area contributed by atoms with Crippen LogP contribution >= 0.6 is 0 Å². The Labute approximate surface area is 221 Å². The highest BCUT2D eigenvalue weighted by Gasteiger charge is 2.37. The fourth-order valence-corrected chi connectivity index (χ4v) is 4.16. The van der Waals surface area contributed by atoms with E-state index in [1.807, 2.05) is 52.8 Å². The summed E-state index contributed by atoms with van der Waals surface area (Å²) in [5.41, 5.74) is 7.22. The molecule has 9 nitrogen and oxygen atoms in total. The quantitative estimate of drug-likeness (QED) is 0.363. The van der Waals surface area contributed by atoms with E-state index in [9.17, 15) is 19.2 Å². The number of hydrogen-bond acceptors (Lipinski definition) is 5. The molecular formula is C28H46N4O5. The molecule has 0 fully saturated rings. The van der Waals surface area contributed by atoms with Gasteiger partial charge in [-0.05, 0) is 65.5 Å². The molecule has 0 saturated heterocycles. The Bertz CT molecular complexity index is 941. The number of hydrogen-bond donors (Lipinski definition) is 3. The van der Waals surface area contributed by atoms with Gasteiger partial charge >= 0.3 is 6.09 Å². The Morgan fingerprint density at radius 2 is 1.70 bits per heavy atom. The SMILES string of the molecule is CCCCN(C(=O)C(CC(N)=O)NC(=O)OC(C)(C)C)C(C(=O)NC(C)CCC)c1ccc(C)cc1C. The fraction of sp³-hybridized carbons (Fsp3) is 0.643. The number of alkyl carbamates (subject to hydrolysis) is 1. The highest BCUT2D eigenvalue weighted by molar-refractivity contribution is 5.94. The van der Waals surface area contributed by atoms with Crippen molar-refractivity contribution in [2.75, 3.05) is 6.54 Å². The molecular weight excluding hydrogens is 472 g/mol. The molecule has 0 heterocycles. The maximum atomic E-state index is 14.0. The van der Waals surface area contributed by atoms with Crippen LogP contribution in [0, 0.1) is 13.8 Å². The second-order valence-corrected chi connectivity index (χ2v) is 10.7. The second kappa shape index (κ2) is 14.6. The number of primary amides is 1. The predicted octanol–water partition coefficient (Wildman–Crippen LogP) is 4.05. The smallest absolute Gasteiger partial charge is 0.408 e. The number of aryl methyl sites for hydroxylation is 2. The van der Waals surface area contributed by atoms with Gasteiger partial charge in [0.2, 0.25) is 17.7 Å². The van der Waals surface area contributed by atoms with E-state index in [0.29, 0.717) is 12.0 Å². The third kappa shape index (κ3) is 10.8. The Balaban J connectivity index is 3.55. The molecule has 3 unspecified atom stereocenters. The lowest BCUT2D eigenvalue weighted by Gasteiger charge is -2.35. The minimum absolute atomic E-state index is 0.0878. The first-order chi connectivity index (χ1) is 17.2. The lowest BCUT2D eigenvalue weighted by molar-refractivity contribution is -0.143. The standard InChI is InChI=1S/C28H46N4O5/c1-9-11-15-32(26(35)22(17-23(29)33)31-27(36)37-28(6,7)8)24(25(34)30-20(5)12-10-2)21-14-13-18(3)16-19(21)4/h13-14,16,20,22,24H,9-12,15,17H2,1-8H3,(H2,29,33)(H,30,34)(H,31,36). The molecule has 1 rings (SSSR count). The van der Waals surface area contributed by atoms with Crippen LogP contribution < -0.4 is 16.4 Å². The van der Waals surface area contributed by atoms with Crippen molar-refractivity contribution < 1.29 is 23.9 Å². The Kier molecular flexibility index (Phi) is 12.6. The van der Waals surface area contributed by atoms with Crippen molar-refractivity contribution >= 4 is 23.8 Å². The van der Waals surface area contributed by atoms with E-state index in [1.54, 1.807) is 20.8 Å². The summed E-state index contributed by atoms with van der Waals surface area (Å²) >= 11 is 0. The van der Waals surface area contributed by atoms with Gasteiger partial charge in [-0.3, -0.25) is 14.4 Å². The summed E-state index contributed by atoms with van der Waals surface area (Å²) in [4.78, 5) is 53.6. The van der Waals surface area contributed by atoms with Crippen LogP contribution in [0.15, 0.2) is 18.2 Å². The first-order valence-corrected chi connectivity index (χ1v) is 13.2. The van der Waals surface area contributed by atoms with Crippen molar-refractivity contribution in [1.82, 2.24) is 15.5 Å². The highest BCUT2D eigenvalue weighted by Crippen LogP contribution is 2.27. The van der Waals surface area contributed by atoms with Gasteiger partial charge in [0.1, 0.15) is 17.7 Å². The molecule has 3 atom stereocenters. The van der Waals surface area contributed by atoms with Crippen LogP contribution in [0.3, 0.4) is 0 Å². The summed E-state index contributed by atoms with van der Waals surface area (Å²) in [5.74, 6) is -1.64. The minimum atomic E-state index is -1.28. The Morgan fingerprint density at radius 1 is 1.05 bits per heavy atom. The normalized spacial score (nSPS) is 13.7. The number of nitrogens with one attached hydrogen (secondary N) is 2. The van der Waals surface area contributed by atoms with Crippen molar-refractivity contribution in [1.29, 1.82) is 0 Å². The molecule has 0 saturated carbocycles.